The number of amides is 3. The second-order valence-corrected chi connectivity index (χ2v) is 6.55. The van der Waals surface area contributed by atoms with Crippen molar-refractivity contribution in [3.63, 3.8) is 0 Å². The molecule has 120 valence electrons. The highest BCUT2D eigenvalue weighted by molar-refractivity contribution is 7.91. The van der Waals surface area contributed by atoms with Crippen molar-refractivity contribution >= 4 is 27.7 Å². The number of imide groups is 1. The number of carbonyl (C=O) groups excluding carboxylic acids is 3. The molecule has 3 amide bonds. The average Bonchev–Trinajstić information content (AvgIpc) is 2.46. The molecule has 0 aromatic heterocycles. The van der Waals surface area contributed by atoms with Crippen LogP contribution in [0.4, 0.5) is 4.79 Å². The van der Waals surface area contributed by atoms with Crippen molar-refractivity contribution in [1.82, 2.24) is 5.32 Å². The van der Waals surface area contributed by atoms with Gasteiger partial charge < -0.3 is 10.5 Å². The molecule has 0 radical (unpaired) electrons. The molecule has 0 bridgehead atoms. The van der Waals surface area contributed by atoms with Gasteiger partial charge in [-0.05, 0) is 19.1 Å². The Kier molecular flexibility index (Phi) is 5.63. The number of urea groups is 1. The number of hydrogen-bond acceptors (Lipinski definition) is 6. The van der Waals surface area contributed by atoms with Crippen LogP contribution >= 0.6 is 0 Å². The number of sulfone groups is 1. The molecule has 22 heavy (non-hydrogen) atoms. The molecular formula is C13H16N2O6S. The van der Waals surface area contributed by atoms with Crippen LogP contribution < -0.4 is 11.1 Å². The normalized spacial score (nSPS) is 12.3. The first-order valence-electron chi connectivity index (χ1n) is 6.32. The van der Waals surface area contributed by atoms with Crippen LogP contribution in [0.1, 0.15) is 24.2 Å². The summed E-state index contributed by atoms with van der Waals surface area (Å²) >= 11 is 0. The fraction of sp³-hybridized carbons (Fsp3) is 0.308. The van der Waals surface area contributed by atoms with E-state index in [0.29, 0.717) is 0 Å². The zero-order valence-corrected chi connectivity index (χ0v) is 12.8. The summed E-state index contributed by atoms with van der Waals surface area (Å²) in [6.07, 6.45) is -1.31. The van der Waals surface area contributed by atoms with E-state index in [4.69, 9.17) is 10.5 Å². The number of nitrogens with one attached hydrogen (secondary N) is 1. The molecule has 1 aromatic carbocycles. The maximum atomic E-state index is 12.0. The predicted molar refractivity (Wildman–Crippen MR) is 76.8 cm³/mol. The van der Waals surface area contributed by atoms with Gasteiger partial charge in [-0.2, -0.15) is 0 Å². The molecule has 0 saturated carbocycles. The van der Waals surface area contributed by atoms with Crippen LogP contribution in [0.15, 0.2) is 29.2 Å². The van der Waals surface area contributed by atoms with Crippen LogP contribution in [0.25, 0.3) is 0 Å². The van der Waals surface area contributed by atoms with Crippen molar-refractivity contribution in [2.45, 2.75) is 24.8 Å². The molecule has 0 spiro atoms. The first-order valence-corrected chi connectivity index (χ1v) is 7.97. The number of carbonyl (C=O) groups is 3. The molecule has 9 heteroatoms. The van der Waals surface area contributed by atoms with Gasteiger partial charge in [-0.15, -0.1) is 0 Å². The third-order valence-electron chi connectivity index (χ3n) is 2.72. The van der Waals surface area contributed by atoms with Gasteiger partial charge in [-0.3, -0.25) is 10.1 Å². The number of nitrogens with two attached hydrogens (primary N) is 1. The summed E-state index contributed by atoms with van der Waals surface area (Å²) in [4.78, 5) is 33.9. The average molecular weight is 328 g/mol. The molecule has 0 unspecified atom stereocenters. The smallest absolute Gasteiger partial charge is 0.340 e. The summed E-state index contributed by atoms with van der Waals surface area (Å²) in [5.41, 5.74) is 4.60. The summed E-state index contributed by atoms with van der Waals surface area (Å²) in [5, 5.41) is 1.76. The van der Waals surface area contributed by atoms with Crippen molar-refractivity contribution in [1.29, 1.82) is 0 Å². The first kappa shape index (κ1) is 17.6. The third kappa shape index (κ3) is 4.29. The highest BCUT2D eigenvalue weighted by Crippen LogP contribution is 2.18. The van der Waals surface area contributed by atoms with E-state index >= 15 is 0 Å². The lowest BCUT2D eigenvalue weighted by Gasteiger charge is -2.13. The number of esters is 1. The fourth-order valence-corrected chi connectivity index (χ4v) is 2.65. The van der Waals surface area contributed by atoms with Crippen LogP contribution in [-0.4, -0.2) is 38.2 Å². The second kappa shape index (κ2) is 7.03. The Balaban J connectivity index is 3.01. The van der Waals surface area contributed by atoms with Crippen LogP contribution in [-0.2, 0) is 19.4 Å². The van der Waals surface area contributed by atoms with Crippen LogP contribution in [0.3, 0.4) is 0 Å². The van der Waals surface area contributed by atoms with Crippen molar-refractivity contribution in [2.75, 3.05) is 5.75 Å². The molecule has 1 rings (SSSR count). The first-order chi connectivity index (χ1) is 10.2. The Morgan fingerprint density at radius 3 is 2.41 bits per heavy atom. The van der Waals surface area contributed by atoms with Crippen molar-refractivity contribution in [3.05, 3.63) is 29.8 Å². The van der Waals surface area contributed by atoms with Gasteiger partial charge >= 0.3 is 12.0 Å². The Labute approximate surface area is 127 Å². The summed E-state index contributed by atoms with van der Waals surface area (Å²) < 4.78 is 28.7. The topological polar surface area (TPSA) is 133 Å². The van der Waals surface area contributed by atoms with Gasteiger partial charge in [0.25, 0.3) is 5.91 Å². The van der Waals surface area contributed by atoms with E-state index in [0.717, 1.165) is 0 Å². The fourth-order valence-electron chi connectivity index (χ4n) is 1.56. The minimum absolute atomic E-state index is 0.176. The van der Waals surface area contributed by atoms with Gasteiger partial charge in [-0.1, -0.05) is 19.1 Å². The zero-order valence-electron chi connectivity index (χ0n) is 12.0. The monoisotopic (exact) mass is 328 g/mol. The zero-order chi connectivity index (χ0) is 16.9. The van der Waals surface area contributed by atoms with Crippen LogP contribution in [0.2, 0.25) is 0 Å². The number of hydrogen-bond donors (Lipinski definition) is 2. The minimum Gasteiger partial charge on any atom is -0.449 e. The predicted octanol–water partition coefficient (Wildman–Crippen LogP) is 0.220. The largest absolute Gasteiger partial charge is 0.449 e. The van der Waals surface area contributed by atoms with Gasteiger partial charge in [-0.25, -0.2) is 18.0 Å². The molecule has 1 atom stereocenters. The van der Waals surface area contributed by atoms with E-state index in [1.807, 2.05) is 0 Å². The standard InChI is InChI=1S/C13H16N2O6S/c1-3-22(19,20)10-7-5-4-6-9(10)12(17)21-8(2)11(16)15-13(14)18/h4-8H,3H2,1-2H3,(H3,14,15,16,18)/t8-/m0/s1. The molecule has 0 heterocycles. The van der Waals surface area contributed by atoms with Crippen molar-refractivity contribution in [2.24, 2.45) is 5.73 Å². The number of ether oxygens (including phenoxy) is 1. The molecule has 0 saturated heterocycles. The van der Waals surface area contributed by atoms with Crippen LogP contribution in [0, 0.1) is 0 Å². The van der Waals surface area contributed by atoms with E-state index in [1.165, 1.54) is 38.1 Å². The highest BCUT2D eigenvalue weighted by atomic mass is 32.2. The lowest BCUT2D eigenvalue weighted by Crippen LogP contribution is -2.42. The van der Waals surface area contributed by atoms with Crippen molar-refractivity contribution in [3.8, 4) is 0 Å². The van der Waals surface area contributed by atoms with Crippen LogP contribution in [0.5, 0.6) is 0 Å². The molecular weight excluding hydrogens is 312 g/mol. The quantitative estimate of drug-likeness (QED) is 0.743. The summed E-state index contributed by atoms with van der Waals surface area (Å²) in [6.45, 7) is 2.67. The van der Waals surface area contributed by atoms with E-state index in [-0.39, 0.29) is 16.2 Å². The van der Waals surface area contributed by atoms with E-state index in [9.17, 15) is 22.8 Å². The minimum atomic E-state index is -3.62. The lowest BCUT2D eigenvalue weighted by atomic mass is 10.2. The molecule has 0 aliphatic heterocycles. The van der Waals surface area contributed by atoms with Gasteiger partial charge in [0.15, 0.2) is 15.9 Å². The lowest BCUT2D eigenvalue weighted by molar-refractivity contribution is -0.127. The molecule has 0 fully saturated rings. The van der Waals surface area contributed by atoms with Gasteiger partial charge in [0.1, 0.15) is 0 Å². The molecule has 1 aromatic rings. The second-order valence-electron chi connectivity index (χ2n) is 4.30. The molecule has 8 nitrogen and oxygen atoms in total. The number of benzene rings is 1. The van der Waals surface area contributed by atoms with Gasteiger partial charge in [0.2, 0.25) is 0 Å². The summed E-state index contributed by atoms with van der Waals surface area (Å²) in [6, 6.07) is 4.43. The Hall–Kier alpha value is -2.42. The van der Waals surface area contributed by atoms with E-state index in [1.54, 1.807) is 5.32 Å². The Bertz CT molecular complexity index is 698. The van der Waals surface area contributed by atoms with E-state index < -0.39 is 33.8 Å². The van der Waals surface area contributed by atoms with E-state index in [2.05, 4.69) is 0 Å². The Morgan fingerprint density at radius 2 is 1.86 bits per heavy atom. The Morgan fingerprint density at radius 1 is 1.27 bits per heavy atom. The highest BCUT2D eigenvalue weighted by Gasteiger charge is 2.25. The SMILES string of the molecule is CCS(=O)(=O)c1ccccc1C(=O)O[C@@H](C)C(=O)NC(N)=O. The van der Waals surface area contributed by atoms with Gasteiger partial charge in [0, 0.05) is 0 Å². The summed E-state index contributed by atoms with van der Waals surface area (Å²) in [5.74, 6) is -2.08. The summed E-state index contributed by atoms with van der Waals surface area (Å²) in [7, 11) is -3.62. The maximum absolute atomic E-state index is 12.0. The molecule has 0 aliphatic carbocycles. The number of primary amides is 1. The molecule has 3 N–H and O–H groups in total. The maximum Gasteiger partial charge on any atom is 0.340 e. The van der Waals surface area contributed by atoms with Crippen molar-refractivity contribution < 1.29 is 27.5 Å². The molecule has 0 aliphatic rings. The third-order valence-corrected chi connectivity index (χ3v) is 4.51. The number of rotatable bonds is 5. The van der Waals surface area contributed by atoms with Gasteiger partial charge in [0.05, 0.1) is 16.2 Å².